The van der Waals surface area contributed by atoms with Crippen LogP contribution in [0.15, 0.2) is 36.7 Å². The fourth-order valence-corrected chi connectivity index (χ4v) is 4.39. The highest BCUT2D eigenvalue weighted by Crippen LogP contribution is 2.48. The van der Waals surface area contributed by atoms with Crippen molar-refractivity contribution >= 4 is 15.7 Å². The summed E-state index contributed by atoms with van der Waals surface area (Å²) in [6.07, 6.45) is 8.68. The number of nitriles is 1. The minimum absolute atomic E-state index is 0.166. The molecule has 0 N–H and O–H groups in total. The molecule has 3 aromatic heterocycles. The lowest BCUT2D eigenvalue weighted by molar-refractivity contribution is 0.451. The van der Waals surface area contributed by atoms with E-state index in [-0.39, 0.29) is 5.88 Å². The summed E-state index contributed by atoms with van der Waals surface area (Å²) >= 11 is 0. The first-order valence-electron chi connectivity index (χ1n) is 11.2. The van der Waals surface area contributed by atoms with Crippen LogP contribution < -0.4 is 9.04 Å². The van der Waals surface area contributed by atoms with Crippen molar-refractivity contribution in [3.8, 4) is 29.0 Å². The van der Waals surface area contributed by atoms with Crippen LogP contribution in [0, 0.1) is 18.3 Å². The monoisotopic (exact) mass is 475 g/mol. The van der Waals surface area contributed by atoms with Gasteiger partial charge in [-0.3, -0.25) is 14.3 Å². The number of ether oxygens (including phenoxy) is 1. The zero-order chi connectivity index (χ0) is 24.0. The summed E-state index contributed by atoms with van der Waals surface area (Å²) in [6.45, 7) is 2.00. The molecule has 9 heteroatoms. The number of rotatable bonds is 7. The van der Waals surface area contributed by atoms with E-state index in [9.17, 15) is 13.7 Å². The highest BCUT2D eigenvalue weighted by molar-refractivity contribution is 7.92. The standard InChI is InChI=1S/C25H25N5O3S/c1-15-10-21(17-4-5-17)28-23(18-6-7-18)24(15)33-25-22(30(2)34(3,31)32)9-8-20(29-25)19-11-16(12-26)13-27-14-19/h8-11,13-14,17-18H,4-7H2,1-3H3. The third-order valence-corrected chi connectivity index (χ3v) is 7.39. The maximum absolute atomic E-state index is 12.3. The molecule has 0 spiro atoms. The Morgan fingerprint density at radius 3 is 2.47 bits per heavy atom. The molecule has 0 aliphatic heterocycles. The molecule has 5 rings (SSSR count). The Labute approximate surface area is 199 Å². The van der Waals surface area contributed by atoms with Gasteiger partial charge in [0.05, 0.1) is 23.2 Å². The molecule has 2 saturated carbocycles. The van der Waals surface area contributed by atoms with E-state index in [4.69, 9.17) is 9.72 Å². The van der Waals surface area contributed by atoms with E-state index in [0.29, 0.717) is 40.1 Å². The molecule has 8 nitrogen and oxygen atoms in total. The summed E-state index contributed by atoms with van der Waals surface area (Å²) in [4.78, 5) is 13.7. The van der Waals surface area contributed by atoms with E-state index in [2.05, 4.69) is 22.1 Å². The fraction of sp³-hybridized carbons (Fsp3) is 0.360. The molecule has 2 aliphatic rings. The van der Waals surface area contributed by atoms with E-state index in [0.717, 1.165) is 40.4 Å². The largest absolute Gasteiger partial charge is 0.435 e. The second-order valence-electron chi connectivity index (χ2n) is 9.05. The van der Waals surface area contributed by atoms with Gasteiger partial charge in [0.25, 0.3) is 0 Å². The van der Waals surface area contributed by atoms with Crippen molar-refractivity contribution in [3.05, 3.63) is 59.2 Å². The van der Waals surface area contributed by atoms with Crippen LogP contribution in [0.1, 0.15) is 60.0 Å². The van der Waals surface area contributed by atoms with Gasteiger partial charge >= 0.3 is 0 Å². The molecule has 0 saturated heterocycles. The van der Waals surface area contributed by atoms with Crippen molar-refractivity contribution in [3.63, 3.8) is 0 Å². The number of pyridine rings is 3. The molecule has 174 valence electrons. The lowest BCUT2D eigenvalue weighted by Gasteiger charge is -2.21. The van der Waals surface area contributed by atoms with Gasteiger partial charge in [0.1, 0.15) is 11.8 Å². The Morgan fingerprint density at radius 2 is 1.82 bits per heavy atom. The fourth-order valence-electron chi connectivity index (χ4n) is 3.89. The first-order valence-corrected chi connectivity index (χ1v) is 13.1. The molecule has 0 atom stereocenters. The van der Waals surface area contributed by atoms with Gasteiger partial charge in [-0.2, -0.15) is 5.26 Å². The highest BCUT2D eigenvalue weighted by Gasteiger charge is 2.34. The van der Waals surface area contributed by atoms with E-state index < -0.39 is 10.0 Å². The number of aromatic nitrogens is 3. The smallest absolute Gasteiger partial charge is 0.244 e. The van der Waals surface area contributed by atoms with Gasteiger partial charge in [-0.15, -0.1) is 0 Å². The number of nitrogens with zero attached hydrogens (tertiary/aromatic N) is 5. The summed E-state index contributed by atoms with van der Waals surface area (Å²) in [5.74, 6) is 1.68. The van der Waals surface area contributed by atoms with E-state index in [1.165, 1.54) is 26.1 Å². The molecular formula is C25H25N5O3S. The van der Waals surface area contributed by atoms with Gasteiger partial charge in [-0.05, 0) is 62.4 Å². The number of sulfonamides is 1. The Balaban J connectivity index is 1.62. The van der Waals surface area contributed by atoms with Crippen LogP contribution >= 0.6 is 0 Å². The molecule has 3 heterocycles. The molecule has 0 radical (unpaired) electrons. The van der Waals surface area contributed by atoms with Crippen LogP contribution in [0.3, 0.4) is 0 Å². The van der Waals surface area contributed by atoms with Gasteiger partial charge < -0.3 is 4.74 Å². The zero-order valence-corrected chi connectivity index (χ0v) is 20.1. The van der Waals surface area contributed by atoms with Crippen molar-refractivity contribution in [2.45, 2.75) is 44.4 Å². The quantitative estimate of drug-likeness (QED) is 0.489. The average Bonchev–Trinajstić information content (AvgIpc) is 3.72. The molecule has 34 heavy (non-hydrogen) atoms. The molecule has 3 aromatic rings. The van der Waals surface area contributed by atoms with Gasteiger partial charge in [0.15, 0.2) is 5.75 Å². The first kappa shape index (κ1) is 22.3. The SMILES string of the molecule is Cc1cc(C2CC2)nc(C2CC2)c1Oc1nc(-c2cncc(C#N)c2)ccc1N(C)S(C)(=O)=O. The van der Waals surface area contributed by atoms with Crippen LogP contribution in [0.5, 0.6) is 11.6 Å². The minimum atomic E-state index is -3.55. The van der Waals surface area contributed by atoms with E-state index >= 15 is 0 Å². The summed E-state index contributed by atoms with van der Waals surface area (Å²) < 4.78 is 32.2. The molecular weight excluding hydrogens is 450 g/mol. The predicted molar refractivity (Wildman–Crippen MR) is 128 cm³/mol. The summed E-state index contributed by atoms with van der Waals surface area (Å²) in [5.41, 5.74) is 4.90. The normalized spacial score (nSPS) is 15.6. The van der Waals surface area contributed by atoms with Gasteiger partial charge in [0.2, 0.25) is 15.9 Å². The van der Waals surface area contributed by atoms with Crippen LogP contribution in [0.25, 0.3) is 11.3 Å². The first-order chi connectivity index (χ1) is 16.2. The lowest BCUT2D eigenvalue weighted by Crippen LogP contribution is -2.25. The summed E-state index contributed by atoms with van der Waals surface area (Å²) in [5, 5.41) is 9.23. The number of anilines is 1. The zero-order valence-electron chi connectivity index (χ0n) is 19.3. The molecule has 2 aliphatic carbocycles. The Kier molecular flexibility index (Phi) is 5.48. The molecule has 0 amide bonds. The Hall–Kier alpha value is -3.51. The third kappa shape index (κ3) is 4.46. The Morgan fingerprint density at radius 1 is 1.09 bits per heavy atom. The number of hydrogen-bond acceptors (Lipinski definition) is 7. The molecule has 0 unspecified atom stereocenters. The van der Waals surface area contributed by atoms with Crippen molar-refractivity contribution < 1.29 is 13.2 Å². The van der Waals surface area contributed by atoms with Crippen molar-refractivity contribution in [1.82, 2.24) is 15.0 Å². The maximum Gasteiger partial charge on any atom is 0.244 e. The average molecular weight is 476 g/mol. The third-order valence-electron chi connectivity index (χ3n) is 6.20. The van der Waals surface area contributed by atoms with Crippen LogP contribution in [0.2, 0.25) is 0 Å². The highest BCUT2D eigenvalue weighted by atomic mass is 32.2. The Bertz CT molecular complexity index is 1420. The van der Waals surface area contributed by atoms with Crippen molar-refractivity contribution in [2.24, 2.45) is 0 Å². The topological polar surface area (TPSA) is 109 Å². The van der Waals surface area contributed by atoms with Gasteiger partial charge in [0, 0.05) is 42.5 Å². The predicted octanol–water partition coefficient (Wildman–Crippen LogP) is 4.66. The second-order valence-corrected chi connectivity index (χ2v) is 11.1. The van der Waals surface area contributed by atoms with Crippen LogP contribution in [-0.2, 0) is 10.0 Å². The minimum Gasteiger partial charge on any atom is -0.435 e. The van der Waals surface area contributed by atoms with Crippen molar-refractivity contribution in [2.75, 3.05) is 17.6 Å². The van der Waals surface area contributed by atoms with Crippen LogP contribution in [0.4, 0.5) is 5.69 Å². The van der Waals surface area contributed by atoms with E-state index in [1.54, 1.807) is 24.4 Å². The van der Waals surface area contributed by atoms with Crippen LogP contribution in [-0.4, -0.2) is 36.7 Å². The summed E-state index contributed by atoms with van der Waals surface area (Å²) in [6, 6.07) is 9.20. The van der Waals surface area contributed by atoms with Crippen molar-refractivity contribution in [1.29, 1.82) is 5.26 Å². The molecule has 0 bridgehead atoms. The number of hydrogen-bond donors (Lipinski definition) is 0. The molecule has 0 aromatic carbocycles. The number of aryl methyl sites for hydroxylation is 1. The maximum atomic E-state index is 12.3. The van der Waals surface area contributed by atoms with E-state index in [1.807, 2.05) is 6.92 Å². The molecule has 2 fully saturated rings. The van der Waals surface area contributed by atoms with Gasteiger partial charge in [-0.25, -0.2) is 13.4 Å². The summed E-state index contributed by atoms with van der Waals surface area (Å²) in [7, 11) is -2.08. The lowest BCUT2D eigenvalue weighted by atomic mass is 10.1. The van der Waals surface area contributed by atoms with Gasteiger partial charge in [-0.1, -0.05) is 0 Å². The second kappa shape index (κ2) is 8.37.